The Bertz CT molecular complexity index is 1440. The third kappa shape index (κ3) is 58.8. The molecule has 0 saturated heterocycles. The van der Waals surface area contributed by atoms with Crippen molar-refractivity contribution < 1.29 is 24.2 Å². The SMILES string of the molecule is CC/C=C\C/C=C\C/C=C\C/C=C\C/C=C\C/C=C\C/C=C\C/C=C\C/C=C\C/C=C\CCCCC(=O)OC(CO)COC(=O)CCCCCCCCCCCCCCCCCCCCCCCCCC. The molecule has 0 radical (unpaired) electrons. The van der Waals surface area contributed by atoms with Crippen LogP contribution >= 0.6 is 0 Å². The zero-order valence-corrected chi connectivity index (χ0v) is 46.2. The minimum absolute atomic E-state index is 0.0880. The van der Waals surface area contributed by atoms with Crippen molar-refractivity contribution in [1.29, 1.82) is 0 Å². The highest BCUT2D eigenvalue weighted by Crippen LogP contribution is 2.16. The summed E-state index contributed by atoms with van der Waals surface area (Å²) in [6, 6.07) is 0. The summed E-state index contributed by atoms with van der Waals surface area (Å²) in [7, 11) is 0. The quantitative estimate of drug-likeness (QED) is 0.0373. The van der Waals surface area contributed by atoms with Crippen LogP contribution in [0.15, 0.2) is 122 Å². The molecule has 0 amide bonds. The van der Waals surface area contributed by atoms with E-state index in [1.807, 2.05) is 0 Å². The lowest BCUT2D eigenvalue weighted by Crippen LogP contribution is -2.28. The van der Waals surface area contributed by atoms with Crippen LogP contribution in [0.5, 0.6) is 0 Å². The lowest BCUT2D eigenvalue weighted by molar-refractivity contribution is -0.161. The van der Waals surface area contributed by atoms with E-state index >= 15 is 0 Å². The summed E-state index contributed by atoms with van der Waals surface area (Å²) in [4.78, 5) is 24.5. The molecule has 0 spiro atoms. The number of allylic oxidation sites excluding steroid dienone is 20. The number of aliphatic hydroxyl groups excluding tert-OH is 1. The molecule has 0 aromatic heterocycles. The van der Waals surface area contributed by atoms with Crippen molar-refractivity contribution in [2.45, 2.75) is 270 Å². The smallest absolute Gasteiger partial charge is 0.306 e. The van der Waals surface area contributed by atoms with Gasteiger partial charge in [-0.25, -0.2) is 0 Å². The number of aliphatic hydroxyl groups is 1. The van der Waals surface area contributed by atoms with E-state index in [0.29, 0.717) is 12.8 Å². The summed E-state index contributed by atoms with van der Waals surface area (Å²) < 4.78 is 10.7. The van der Waals surface area contributed by atoms with Crippen molar-refractivity contribution in [3.8, 4) is 0 Å². The van der Waals surface area contributed by atoms with Gasteiger partial charge in [-0.05, 0) is 89.9 Å². The van der Waals surface area contributed by atoms with Crippen LogP contribution < -0.4 is 0 Å². The second-order valence-corrected chi connectivity index (χ2v) is 19.3. The normalized spacial score (nSPS) is 13.1. The van der Waals surface area contributed by atoms with E-state index in [2.05, 4.69) is 135 Å². The predicted molar refractivity (Wildman–Crippen MR) is 311 cm³/mol. The second-order valence-electron chi connectivity index (χ2n) is 19.3. The number of hydrogen-bond acceptors (Lipinski definition) is 5. The standard InChI is InChI=1S/C66H110O5/c1-3-5-7-9-11-13-15-17-19-21-23-25-27-29-30-31-32-33-34-35-36-37-39-41-43-45-47-49-51-53-55-57-59-61-66(69)71-64(62-67)63-70-65(68)60-58-56-54-52-50-48-46-44-42-40-38-28-26-24-22-20-18-16-14-12-10-8-6-4-2/h5,7,11,13,17,19,23,25,29-30,32-33,35-36,39,41,45,47,51,53,64,67H,3-4,6,8-10,12,14-16,18,20-22,24,26-28,31,34,37-38,40,42-44,46,48-50,52,54-63H2,1-2H3/b7-5-,13-11-,19-17-,25-23-,30-29-,33-32-,36-35-,41-39-,47-45-,53-51-. The Hall–Kier alpha value is -3.70. The average Bonchev–Trinajstić information content (AvgIpc) is 3.37. The van der Waals surface area contributed by atoms with Gasteiger partial charge in [0.15, 0.2) is 6.10 Å². The first-order valence-electron chi connectivity index (χ1n) is 29.6. The highest BCUT2D eigenvalue weighted by molar-refractivity contribution is 5.70. The van der Waals surface area contributed by atoms with Gasteiger partial charge >= 0.3 is 11.9 Å². The fourth-order valence-corrected chi connectivity index (χ4v) is 8.11. The Morgan fingerprint density at radius 3 is 0.915 bits per heavy atom. The largest absolute Gasteiger partial charge is 0.462 e. The Morgan fingerprint density at radius 1 is 0.338 bits per heavy atom. The molecule has 0 aromatic rings. The number of esters is 2. The minimum atomic E-state index is -0.803. The molecule has 0 aliphatic carbocycles. The van der Waals surface area contributed by atoms with Crippen LogP contribution in [0.3, 0.4) is 0 Å². The van der Waals surface area contributed by atoms with E-state index in [-0.39, 0.29) is 25.2 Å². The number of carbonyl (C=O) groups is 2. The van der Waals surface area contributed by atoms with Gasteiger partial charge in [0.1, 0.15) is 6.61 Å². The zero-order valence-electron chi connectivity index (χ0n) is 46.2. The first-order chi connectivity index (χ1) is 35.1. The Labute approximate surface area is 439 Å². The molecule has 0 aromatic carbocycles. The third-order valence-corrected chi connectivity index (χ3v) is 12.5. The van der Waals surface area contributed by atoms with E-state index in [0.717, 1.165) is 103 Å². The fraction of sp³-hybridized carbons (Fsp3) is 0.667. The summed E-state index contributed by atoms with van der Waals surface area (Å²) in [6.45, 7) is 4.01. The molecule has 0 fully saturated rings. The van der Waals surface area contributed by atoms with E-state index in [9.17, 15) is 14.7 Å². The van der Waals surface area contributed by atoms with Crippen molar-refractivity contribution >= 4 is 11.9 Å². The number of unbranched alkanes of at least 4 members (excludes halogenated alkanes) is 25. The molecule has 0 aliphatic heterocycles. The maximum Gasteiger partial charge on any atom is 0.306 e. The Morgan fingerprint density at radius 2 is 0.606 bits per heavy atom. The van der Waals surface area contributed by atoms with Gasteiger partial charge in [-0.15, -0.1) is 0 Å². The van der Waals surface area contributed by atoms with Crippen LogP contribution in [0, 0.1) is 0 Å². The molecule has 71 heavy (non-hydrogen) atoms. The lowest BCUT2D eigenvalue weighted by Gasteiger charge is -2.15. The van der Waals surface area contributed by atoms with Crippen molar-refractivity contribution in [3.05, 3.63) is 122 Å². The van der Waals surface area contributed by atoms with Gasteiger partial charge in [0.25, 0.3) is 0 Å². The lowest BCUT2D eigenvalue weighted by atomic mass is 10.0. The molecule has 0 bridgehead atoms. The summed E-state index contributed by atoms with van der Waals surface area (Å²) in [6.07, 6.45) is 88.9. The van der Waals surface area contributed by atoms with Crippen LogP contribution in [-0.2, 0) is 19.1 Å². The summed E-state index contributed by atoms with van der Waals surface area (Å²) in [5, 5.41) is 9.65. The summed E-state index contributed by atoms with van der Waals surface area (Å²) in [5.41, 5.74) is 0. The molecule has 1 N–H and O–H groups in total. The van der Waals surface area contributed by atoms with Gasteiger partial charge in [-0.1, -0.05) is 283 Å². The average molecular weight is 984 g/mol. The topological polar surface area (TPSA) is 72.8 Å². The number of ether oxygens (including phenoxy) is 2. The number of hydrogen-bond donors (Lipinski definition) is 1. The highest BCUT2D eigenvalue weighted by Gasteiger charge is 2.16. The van der Waals surface area contributed by atoms with Crippen LogP contribution in [0.25, 0.3) is 0 Å². The van der Waals surface area contributed by atoms with Gasteiger partial charge in [-0.3, -0.25) is 9.59 Å². The Balaban J connectivity index is 3.62. The van der Waals surface area contributed by atoms with Crippen molar-refractivity contribution in [1.82, 2.24) is 0 Å². The van der Waals surface area contributed by atoms with Crippen LogP contribution in [0.1, 0.15) is 264 Å². The van der Waals surface area contributed by atoms with Crippen LogP contribution in [0.2, 0.25) is 0 Å². The maximum atomic E-state index is 12.3. The maximum absolute atomic E-state index is 12.3. The highest BCUT2D eigenvalue weighted by atomic mass is 16.6. The zero-order chi connectivity index (χ0) is 51.3. The van der Waals surface area contributed by atoms with Gasteiger partial charge in [0.2, 0.25) is 0 Å². The summed E-state index contributed by atoms with van der Waals surface area (Å²) >= 11 is 0. The van der Waals surface area contributed by atoms with Gasteiger partial charge in [0, 0.05) is 12.8 Å². The Kier molecular flexibility index (Phi) is 57.4. The molecule has 5 heteroatoms. The molecule has 0 rings (SSSR count). The van der Waals surface area contributed by atoms with Crippen molar-refractivity contribution in [2.75, 3.05) is 13.2 Å². The van der Waals surface area contributed by atoms with Crippen molar-refractivity contribution in [3.63, 3.8) is 0 Å². The molecule has 404 valence electrons. The molecule has 5 nitrogen and oxygen atoms in total. The number of rotatable bonds is 53. The van der Waals surface area contributed by atoms with Gasteiger partial charge < -0.3 is 14.6 Å². The molecule has 0 heterocycles. The molecular weight excluding hydrogens is 873 g/mol. The predicted octanol–water partition coefficient (Wildman–Crippen LogP) is 20.2. The first-order valence-corrected chi connectivity index (χ1v) is 29.6. The second kappa shape index (κ2) is 60.6. The molecule has 0 saturated carbocycles. The molecule has 1 unspecified atom stereocenters. The van der Waals surface area contributed by atoms with E-state index in [4.69, 9.17) is 9.47 Å². The number of carbonyl (C=O) groups excluding carboxylic acids is 2. The van der Waals surface area contributed by atoms with Gasteiger partial charge in [0.05, 0.1) is 6.61 Å². The third-order valence-electron chi connectivity index (χ3n) is 12.5. The molecule has 1 atom stereocenters. The monoisotopic (exact) mass is 983 g/mol. The minimum Gasteiger partial charge on any atom is -0.462 e. The fourth-order valence-electron chi connectivity index (χ4n) is 8.11. The van der Waals surface area contributed by atoms with E-state index in [1.165, 1.54) is 135 Å². The van der Waals surface area contributed by atoms with Crippen LogP contribution in [-0.4, -0.2) is 36.4 Å². The molecule has 0 aliphatic rings. The van der Waals surface area contributed by atoms with E-state index in [1.54, 1.807) is 0 Å². The van der Waals surface area contributed by atoms with Crippen molar-refractivity contribution in [2.24, 2.45) is 0 Å². The van der Waals surface area contributed by atoms with Crippen LogP contribution in [0.4, 0.5) is 0 Å². The van der Waals surface area contributed by atoms with Gasteiger partial charge in [-0.2, -0.15) is 0 Å². The summed E-state index contributed by atoms with van der Waals surface area (Å²) in [5.74, 6) is -0.640. The first kappa shape index (κ1) is 67.3. The van der Waals surface area contributed by atoms with E-state index < -0.39 is 6.10 Å². The molecular formula is C66H110O5.